The van der Waals surface area contributed by atoms with Crippen molar-refractivity contribution in [3.63, 3.8) is 0 Å². The first kappa shape index (κ1) is 10.4. The molecule has 1 aromatic heterocycles. The Labute approximate surface area is 65.2 Å². The summed E-state index contributed by atoms with van der Waals surface area (Å²) in [7, 11) is -6.00. The molecule has 0 atom stereocenters. The molecule has 7 heteroatoms. The summed E-state index contributed by atoms with van der Waals surface area (Å²) in [6, 6.07) is 0. The number of hydrogen-bond donors (Lipinski definition) is 0. The highest BCUT2D eigenvalue weighted by atomic mass is 32.1. The van der Waals surface area contributed by atoms with Crippen LogP contribution in [0.4, 0.5) is 17.3 Å². The summed E-state index contributed by atoms with van der Waals surface area (Å²) in [5.41, 5.74) is 0. The predicted molar refractivity (Wildman–Crippen MR) is 35.8 cm³/mol. The third-order valence-corrected chi connectivity index (χ3v) is 1.34. The van der Waals surface area contributed by atoms with E-state index >= 15 is 0 Å². The normalized spacial score (nSPS) is 10.3. The lowest BCUT2D eigenvalue weighted by Gasteiger charge is -1.94. The summed E-state index contributed by atoms with van der Waals surface area (Å²) in [6.07, 6.45) is 1.93. The fourth-order valence-electron chi connectivity index (χ4n) is 0.321. The number of H-pyrrole nitrogens is 1. The molecule has 1 aromatic rings. The molecule has 0 saturated heterocycles. The van der Waals surface area contributed by atoms with Crippen molar-refractivity contribution in [3.8, 4) is 0 Å². The molecular weight excluding hydrogens is 181 g/mol. The minimum atomic E-state index is -6.00. The summed E-state index contributed by atoms with van der Waals surface area (Å²) in [4.78, 5) is 3.02. The van der Waals surface area contributed by atoms with E-state index in [1.807, 2.05) is 18.5 Å². The van der Waals surface area contributed by atoms with Crippen molar-refractivity contribution >= 4 is 18.6 Å². The van der Waals surface area contributed by atoms with Crippen LogP contribution in [0.2, 0.25) is 0 Å². The van der Waals surface area contributed by atoms with Gasteiger partial charge < -0.3 is 17.3 Å². The first-order valence-electron chi connectivity index (χ1n) is 2.68. The van der Waals surface area contributed by atoms with Crippen molar-refractivity contribution < 1.29 is 22.2 Å². The van der Waals surface area contributed by atoms with E-state index in [1.54, 1.807) is 11.3 Å². The van der Waals surface area contributed by atoms with Crippen molar-refractivity contribution in [1.29, 1.82) is 0 Å². The zero-order chi connectivity index (χ0) is 8.91. The lowest BCUT2D eigenvalue weighted by atomic mass is 10.3. The molecule has 0 bridgehead atoms. The van der Waals surface area contributed by atoms with Crippen LogP contribution in [-0.2, 0) is 0 Å². The number of aromatic nitrogens is 1. The van der Waals surface area contributed by atoms with Crippen LogP contribution in [0, 0.1) is 6.92 Å². The third kappa shape index (κ3) is 12.6. The molecule has 1 rings (SSSR count). The third-order valence-electron chi connectivity index (χ3n) is 0.599. The van der Waals surface area contributed by atoms with Crippen LogP contribution in [0.5, 0.6) is 0 Å². The molecular formula is C4H6BF4NS. The van der Waals surface area contributed by atoms with Gasteiger partial charge in [0.2, 0.25) is 5.01 Å². The maximum atomic E-state index is 9.75. The van der Waals surface area contributed by atoms with Crippen LogP contribution < -0.4 is 4.98 Å². The summed E-state index contributed by atoms with van der Waals surface area (Å²) < 4.78 is 39.0. The fraction of sp³-hybridized carbons (Fsp3) is 0.250. The summed E-state index contributed by atoms with van der Waals surface area (Å²) in [5.74, 6) is 0. The number of halogens is 4. The molecule has 0 radical (unpaired) electrons. The monoisotopic (exact) mass is 187 g/mol. The minimum absolute atomic E-state index is 1.26. The van der Waals surface area contributed by atoms with Crippen LogP contribution in [-0.4, -0.2) is 7.25 Å². The van der Waals surface area contributed by atoms with Crippen molar-refractivity contribution in [2.75, 3.05) is 0 Å². The van der Waals surface area contributed by atoms with Crippen molar-refractivity contribution in [3.05, 3.63) is 16.6 Å². The predicted octanol–water partition coefficient (Wildman–Crippen LogP) is 2.17. The topological polar surface area (TPSA) is 14.1 Å². The average molecular weight is 187 g/mol. The van der Waals surface area contributed by atoms with Gasteiger partial charge in [0, 0.05) is 6.92 Å². The van der Waals surface area contributed by atoms with Crippen LogP contribution >= 0.6 is 11.3 Å². The first-order valence-corrected chi connectivity index (χ1v) is 3.56. The highest BCUT2D eigenvalue weighted by molar-refractivity contribution is 7.09. The zero-order valence-corrected chi connectivity index (χ0v) is 6.47. The van der Waals surface area contributed by atoms with Gasteiger partial charge in [0.1, 0.15) is 0 Å². The SMILES string of the molecule is Cc1[nH+]ccs1.F[B-](F)(F)F. The van der Waals surface area contributed by atoms with Gasteiger partial charge in [-0.25, -0.2) is 4.98 Å². The first-order chi connectivity index (χ1) is 4.89. The van der Waals surface area contributed by atoms with Crippen molar-refractivity contribution in [2.24, 2.45) is 0 Å². The lowest BCUT2D eigenvalue weighted by molar-refractivity contribution is -0.379. The van der Waals surface area contributed by atoms with Gasteiger partial charge in [0.05, 0.1) is 5.38 Å². The summed E-state index contributed by atoms with van der Waals surface area (Å²) >= 11 is 1.72. The number of thiazole rings is 1. The molecule has 1 N–H and O–H groups in total. The van der Waals surface area contributed by atoms with E-state index in [9.17, 15) is 17.3 Å². The van der Waals surface area contributed by atoms with Gasteiger partial charge in [0.15, 0.2) is 6.20 Å². The van der Waals surface area contributed by atoms with E-state index in [1.165, 1.54) is 5.01 Å². The quantitative estimate of drug-likeness (QED) is 0.436. The highest BCUT2D eigenvalue weighted by Gasteiger charge is 2.20. The Bertz CT molecular complexity index is 178. The van der Waals surface area contributed by atoms with E-state index in [-0.39, 0.29) is 0 Å². The van der Waals surface area contributed by atoms with Gasteiger partial charge in [0.25, 0.3) is 0 Å². The van der Waals surface area contributed by atoms with Crippen molar-refractivity contribution in [1.82, 2.24) is 0 Å². The largest absolute Gasteiger partial charge is 0.673 e. The Morgan fingerprint density at radius 1 is 1.36 bits per heavy atom. The van der Waals surface area contributed by atoms with E-state index in [0.29, 0.717) is 0 Å². The van der Waals surface area contributed by atoms with Gasteiger partial charge in [-0.15, -0.1) is 0 Å². The van der Waals surface area contributed by atoms with Gasteiger partial charge in [-0.05, 0) is 0 Å². The molecule has 0 aromatic carbocycles. The van der Waals surface area contributed by atoms with Crippen LogP contribution in [0.3, 0.4) is 0 Å². The van der Waals surface area contributed by atoms with E-state index in [2.05, 4.69) is 4.98 Å². The number of aryl methyl sites for hydroxylation is 1. The second-order valence-electron chi connectivity index (χ2n) is 1.62. The number of rotatable bonds is 0. The van der Waals surface area contributed by atoms with E-state index in [0.717, 1.165) is 0 Å². The lowest BCUT2D eigenvalue weighted by Crippen LogP contribution is -2.02. The molecule has 0 fully saturated rings. The molecule has 0 aliphatic carbocycles. The van der Waals surface area contributed by atoms with Crippen LogP contribution in [0.15, 0.2) is 11.6 Å². The Balaban J connectivity index is 0.000000187. The molecule has 0 amide bonds. The summed E-state index contributed by atoms with van der Waals surface area (Å²) in [5, 5.41) is 3.28. The summed E-state index contributed by atoms with van der Waals surface area (Å²) in [6.45, 7) is 2.05. The number of hydrogen-bond acceptors (Lipinski definition) is 1. The smallest absolute Gasteiger partial charge is 0.418 e. The molecule has 0 unspecified atom stereocenters. The zero-order valence-electron chi connectivity index (χ0n) is 5.65. The fourth-order valence-corrected chi connectivity index (χ4v) is 0.798. The molecule has 1 nitrogen and oxygen atoms in total. The Hall–Kier alpha value is -0.585. The molecule has 64 valence electrons. The molecule has 0 aliphatic heterocycles. The second kappa shape index (κ2) is 4.33. The Kier molecular flexibility index (Phi) is 4.10. The average Bonchev–Trinajstić information content (AvgIpc) is 2.12. The van der Waals surface area contributed by atoms with Crippen LogP contribution in [0.25, 0.3) is 0 Å². The molecule has 0 spiro atoms. The second-order valence-corrected chi connectivity index (χ2v) is 2.74. The minimum Gasteiger partial charge on any atom is -0.418 e. The molecule has 0 saturated carbocycles. The molecule has 1 heterocycles. The van der Waals surface area contributed by atoms with Crippen molar-refractivity contribution in [2.45, 2.75) is 6.92 Å². The van der Waals surface area contributed by atoms with E-state index < -0.39 is 7.25 Å². The van der Waals surface area contributed by atoms with Gasteiger partial charge >= 0.3 is 7.25 Å². The number of nitrogens with one attached hydrogen (secondary N) is 1. The van der Waals surface area contributed by atoms with E-state index in [4.69, 9.17) is 0 Å². The van der Waals surface area contributed by atoms with Crippen LogP contribution in [0.1, 0.15) is 5.01 Å². The Morgan fingerprint density at radius 2 is 1.82 bits per heavy atom. The van der Waals surface area contributed by atoms with Gasteiger partial charge in [-0.2, -0.15) is 0 Å². The van der Waals surface area contributed by atoms with Gasteiger partial charge in [-0.1, -0.05) is 11.3 Å². The molecule has 0 aliphatic rings. The van der Waals surface area contributed by atoms with Gasteiger partial charge in [-0.3, -0.25) is 0 Å². The Morgan fingerprint density at radius 3 is 1.91 bits per heavy atom. The highest BCUT2D eigenvalue weighted by Crippen LogP contribution is 2.06. The maximum Gasteiger partial charge on any atom is 0.673 e. The number of aromatic amines is 1. The standard InChI is InChI=1S/C4H5NS.BF4/c1-4-5-2-3-6-4;2-1(3,4)5/h2-3H,1H3;/q;-1/p+1. The molecule has 11 heavy (non-hydrogen) atoms. The maximum absolute atomic E-state index is 9.75.